The predicted octanol–water partition coefficient (Wildman–Crippen LogP) is -0.951. The van der Waals surface area contributed by atoms with Crippen LogP contribution in [0.2, 0.25) is 0 Å². The van der Waals surface area contributed by atoms with Gasteiger partial charge in [0.25, 0.3) is 0 Å². The van der Waals surface area contributed by atoms with Crippen molar-refractivity contribution in [1.82, 2.24) is 19.5 Å². The van der Waals surface area contributed by atoms with Gasteiger partial charge in [-0.1, -0.05) is 0 Å². The number of ether oxygens (including phenoxy) is 1. The number of fused-ring (bicyclic) bond motifs is 1. The minimum absolute atomic E-state index is 0.221. The number of hydrogen-bond acceptors (Lipinski definition) is 7. The first-order valence-electron chi connectivity index (χ1n) is 5.58. The minimum atomic E-state index is -0.698. The summed E-state index contributed by atoms with van der Waals surface area (Å²) in [5.41, 5.74) is 6.75. The van der Waals surface area contributed by atoms with E-state index in [4.69, 9.17) is 15.6 Å². The molecule has 0 bridgehead atoms. The fourth-order valence-electron chi connectivity index (χ4n) is 2.13. The third-order valence-electron chi connectivity index (χ3n) is 3.08. The van der Waals surface area contributed by atoms with Gasteiger partial charge in [0.05, 0.1) is 19.0 Å². The molecule has 3 atom stereocenters. The maximum Gasteiger partial charge on any atom is 0.167 e. The Morgan fingerprint density at radius 2 is 2.28 bits per heavy atom. The molecule has 96 valence electrons. The number of rotatable bonds is 2. The molecule has 0 aliphatic carbocycles. The second-order valence-corrected chi connectivity index (χ2v) is 4.20. The number of aliphatic hydroxyl groups is 2. The van der Waals surface area contributed by atoms with E-state index in [1.165, 1.54) is 6.33 Å². The highest BCUT2D eigenvalue weighted by Crippen LogP contribution is 2.30. The zero-order valence-electron chi connectivity index (χ0n) is 9.47. The van der Waals surface area contributed by atoms with Crippen molar-refractivity contribution in [3.05, 3.63) is 12.7 Å². The zero-order chi connectivity index (χ0) is 12.7. The molecule has 1 fully saturated rings. The Hall–Kier alpha value is -1.77. The van der Waals surface area contributed by atoms with Crippen LogP contribution >= 0.6 is 0 Å². The molecule has 0 unspecified atom stereocenters. The smallest absolute Gasteiger partial charge is 0.167 e. The lowest BCUT2D eigenvalue weighted by Crippen LogP contribution is -2.24. The fourth-order valence-corrected chi connectivity index (χ4v) is 2.13. The van der Waals surface area contributed by atoms with Crippen LogP contribution in [0.5, 0.6) is 0 Å². The summed E-state index contributed by atoms with van der Waals surface area (Å²) in [6.45, 7) is -0.221. The summed E-state index contributed by atoms with van der Waals surface area (Å²) in [6, 6.07) is 0. The van der Waals surface area contributed by atoms with Crippen LogP contribution in [0.4, 0.5) is 5.82 Å². The summed E-state index contributed by atoms with van der Waals surface area (Å²) < 4.78 is 7.22. The number of imidazole rings is 1. The lowest BCUT2D eigenvalue weighted by Gasteiger charge is -2.13. The van der Waals surface area contributed by atoms with Crippen molar-refractivity contribution >= 4 is 17.0 Å². The van der Waals surface area contributed by atoms with Crippen LogP contribution in [0.25, 0.3) is 11.2 Å². The molecule has 3 rings (SSSR count). The van der Waals surface area contributed by atoms with Crippen LogP contribution in [0, 0.1) is 0 Å². The third kappa shape index (κ3) is 1.62. The van der Waals surface area contributed by atoms with Crippen LogP contribution in [0.3, 0.4) is 0 Å². The largest absolute Gasteiger partial charge is 0.394 e. The van der Waals surface area contributed by atoms with Crippen LogP contribution < -0.4 is 5.73 Å². The Bertz CT molecular complexity index is 572. The Morgan fingerprint density at radius 1 is 1.44 bits per heavy atom. The normalized spacial score (nSPS) is 28.0. The lowest BCUT2D eigenvalue weighted by molar-refractivity contribution is -0.0432. The van der Waals surface area contributed by atoms with E-state index in [0.717, 1.165) is 0 Å². The Kier molecular flexibility index (Phi) is 2.62. The molecule has 0 saturated carbocycles. The van der Waals surface area contributed by atoms with E-state index in [1.807, 2.05) is 0 Å². The Balaban J connectivity index is 1.99. The molecule has 1 aliphatic rings. The van der Waals surface area contributed by atoms with E-state index in [2.05, 4.69) is 15.0 Å². The number of aliphatic hydroxyl groups excluding tert-OH is 2. The summed E-state index contributed by atoms with van der Waals surface area (Å²) in [7, 11) is 0. The van der Waals surface area contributed by atoms with Crippen molar-refractivity contribution in [2.45, 2.75) is 24.9 Å². The predicted molar refractivity (Wildman–Crippen MR) is 61.4 cm³/mol. The number of hydrogen-bond donors (Lipinski definition) is 3. The molecule has 0 radical (unpaired) electrons. The van der Waals surface area contributed by atoms with Crippen LogP contribution in [0.1, 0.15) is 12.6 Å². The molecule has 0 amide bonds. The molecule has 2 aromatic rings. The molecule has 18 heavy (non-hydrogen) atoms. The van der Waals surface area contributed by atoms with Crippen LogP contribution in [-0.4, -0.2) is 48.5 Å². The number of aromatic nitrogens is 4. The van der Waals surface area contributed by atoms with Gasteiger partial charge in [-0.05, 0) is 0 Å². The van der Waals surface area contributed by atoms with Crippen molar-refractivity contribution in [2.75, 3.05) is 12.3 Å². The number of nitrogen functional groups attached to an aromatic ring is 1. The van der Waals surface area contributed by atoms with Gasteiger partial charge in [0.15, 0.2) is 11.5 Å². The molecule has 8 heteroatoms. The first kappa shape index (κ1) is 11.3. The van der Waals surface area contributed by atoms with Gasteiger partial charge in [-0.15, -0.1) is 0 Å². The van der Waals surface area contributed by atoms with Gasteiger partial charge in [-0.2, -0.15) is 0 Å². The monoisotopic (exact) mass is 255 g/mol. The highest BCUT2D eigenvalue weighted by molar-refractivity contribution is 5.81. The molecule has 3 heterocycles. The molecule has 1 saturated heterocycles. The molecular formula is C10H13N5O3. The van der Waals surface area contributed by atoms with Gasteiger partial charge in [0, 0.05) is 6.42 Å². The molecule has 8 nitrogen and oxygen atoms in total. The Labute approximate surface area is 102 Å². The highest BCUT2D eigenvalue weighted by Gasteiger charge is 2.35. The van der Waals surface area contributed by atoms with Gasteiger partial charge >= 0.3 is 0 Å². The van der Waals surface area contributed by atoms with E-state index < -0.39 is 18.4 Å². The van der Waals surface area contributed by atoms with Gasteiger partial charge in [-0.25, -0.2) is 15.0 Å². The second kappa shape index (κ2) is 4.16. The number of nitrogens with zero attached hydrogens (tertiary/aromatic N) is 4. The zero-order valence-corrected chi connectivity index (χ0v) is 9.47. The van der Waals surface area contributed by atoms with Gasteiger partial charge in [0.1, 0.15) is 24.2 Å². The van der Waals surface area contributed by atoms with Gasteiger partial charge in [-0.3, -0.25) is 4.57 Å². The molecular weight excluding hydrogens is 242 g/mol. The highest BCUT2D eigenvalue weighted by atomic mass is 16.5. The summed E-state index contributed by atoms with van der Waals surface area (Å²) in [5, 5.41) is 18.8. The van der Waals surface area contributed by atoms with Crippen LogP contribution in [0.15, 0.2) is 12.7 Å². The first-order chi connectivity index (χ1) is 8.70. The molecule has 0 aromatic carbocycles. The van der Waals surface area contributed by atoms with Crippen molar-refractivity contribution in [1.29, 1.82) is 0 Å². The Morgan fingerprint density at radius 3 is 3.00 bits per heavy atom. The maximum absolute atomic E-state index is 9.71. The van der Waals surface area contributed by atoms with Crippen molar-refractivity contribution in [2.24, 2.45) is 0 Å². The van der Waals surface area contributed by atoms with Gasteiger partial charge in [0.2, 0.25) is 0 Å². The van der Waals surface area contributed by atoms with Crippen molar-refractivity contribution in [3.8, 4) is 0 Å². The average Bonchev–Trinajstić information content (AvgIpc) is 2.93. The first-order valence-corrected chi connectivity index (χ1v) is 5.58. The summed E-state index contributed by atoms with van der Waals surface area (Å²) in [4.78, 5) is 12.1. The summed E-state index contributed by atoms with van der Waals surface area (Å²) >= 11 is 0. The third-order valence-corrected chi connectivity index (χ3v) is 3.08. The van der Waals surface area contributed by atoms with Crippen molar-refractivity contribution in [3.63, 3.8) is 0 Å². The number of anilines is 1. The SMILES string of the molecule is [15NH2]c1[15n][13cH][15n]c2c1ncn2[C@H]1C[C@H](O)[C@@H](CO)O1. The summed E-state index contributed by atoms with van der Waals surface area (Å²) in [6.07, 6.45) is 1.60. The van der Waals surface area contributed by atoms with Gasteiger partial charge < -0.3 is 20.7 Å². The second-order valence-electron chi connectivity index (χ2n) is 4.20. The quantitative estimate of drug-likeness (QED) is 0.592. The number of nitrogens with two attached hydrogens (primary N) is 1. The van der Waals surface area contributed by atoms with E-state index >= 15 is 0 Å². The lowest BCUT2D eigenvalue weighted by atomic mass is 10.2. The minimum Gasteiger partial charge on any atom is -0.394 e. The standard InChI is InChI=1S/C10H13N5O3/c11-9-8-10(13-3-12-9)15(4-14-8)7-1-5(17)6(2-16)18-7/h3-7,16-17H,1-2H2,(H2,11,12,13)/t5-,6+,7+/m0/s1/i3+1,11+1,12+1,13+1. The topological polar surface area (TPSA) is 119 Å². The van der Waals surface area contributed by atoms with E-state index in [9.17, 15) is 5.11 Å². The molecule has 2 aromatic heterocycles. The van der Waals surface area contributed by atoms with E-state index in [-0.39, 0.29) is 6.61 Å². The van der Waals surface area contributed by atoms with E-state index in [0.29, 0.717) is 23.4 Å². The van der Waals surface area contributed by atoms with Crippen molar-refractivity contribution < 1.29 is 14.9 Å². The average molecular weight is 255 g/mol. The molecule has 1 aliphatic heterocycles. The summed E-state index contributed by atoms with van der Waals surface area (Å²) in [5.74, 6) is 0.302. The van der Waals surface area contributed by atoms with E-state index in [1.54, 1.807) is 10.9 Å². The molecule has 4 N–H and O–H groups in total. The fraction of sp³-hybridized carbons (Fsp3) is 0.500. The maximum atomic E-state index is 9.71. The van der Waals surface area contributed by atoms with Crippen LogP contribution in [-0.2, 0) is 4.74 Å². The molecule has 0 spiro atoms.